The first-order valence-corrected chi connectivity index (χ1v) is 10.4. The van der Waals surface area contributed by atoms with Crippen molar-refractivity contribution < 1.29 is 0 Å². The second-order valence-electron chi connectivity index (χ2n) is 8.05. The largest absolute Gasteiger partial charge is 0.367 e. The lowest BCUT2D eigenvalue weighted by Gasteiger charge is -2.27. The Morgan fingerprint density at radius 2 is 1.79 bits per heavy atom. The van der Waals surface area contributed by atoms with E-state index in [-0.39, 0.29) is 0 Å². The van der Waals surface area contributed by atoms with Crippen LogP contribution in [0.1, 0.15) is 60.5 Å². The molecule has 1 aromatic heterocycles. The Hall–Kier alpha value is -2.47. The molecule has 0 bridgehead atoms. The highest BCUT2D eigenvalue weighted by Crippen LogP contribution is 2.33. The van der Waals surface area contributed by atoms with E-state index in [1.54, 1.807) is 0 Å². The summed E-state index contributed by atoms with van der Waals surface area (Å²) in [6.45, 7) is 6.22. The fraction of sp³-hybridized carbons (Fsp3) is 0.500. The smallest absolute Gasteiger partial charge is 0.136 e. The first kappa shape index (κ1) is 18.9. The highest BCUT2D eigenvalue weighted by Gasteiger charge is 2.20. The third-order valence-electron chi connectivity index (χ3n) is 5.93. The summed E-state index contributed by atoms with van der Waals surface area (Å²) >= 11 is 0. The number of nitrogens with zero attached hydrogens (tertiary/aromatic N) is 2. The van der Waals surface area contributed by atoms with Gasteiger partial charge < -0.3 is 21.4 Å². The molecule has 28 heavy (non-hydrogen) atoms. The molecule has 2 aromatic rings. The van der Waals surface area contributed by atoms with Gasteiger partial charge in [-0.15, -0.1) is 0 Å². The minimum Gasteiger partial charge on any atom is -0.367 e. The van der Waals surface area contributed by atoms with E-state index in [2.05, 4.69) is 45.0 Å². The zero-order chi connectivity index (χ0) is 19.5. The molecule has 1 saturated carbocycles. The second-order valence-corrected chi connectivity index (χ2v) is 8.05. The lowest BCUT2D eigenvalue weighted by atomic mass is 9.86. The number of aromatic nitrogens is 2. The average molecular weight is 379 g/mol. The minimum atomic E-state index is 0.533. The number of hydrogen-bond acceptors (Lipinski definition) is 6. The number of benzene rings is 1. The standard InChI is InChI=1S/C22H30N6/c1-14-10-17(13-23)20(11-19(14)16-6-8-24-9-7-16)28-22-12-21(25-15(2)26-22)27-18-4-3-5-18/h10-13,16,18,23-24H,3-9H2,1-2H3,(H2,25,26,27,28). The topological polar surface area (TPSA) is 85.7 Å². The molecule has 0 atom stereocenters. The predicted molar refractivity (Wildman–Crippen MR) is 115 cm³/mol. The summed E-state index contributed by atoms with van der Waals surface area (Å²) in [7, 11) is 0. The van der Waals surface area contributed by atoms with Crippen LogP contribution in [0.15, 0.2) is 18.2 Å². The van der Waals surface area contributed by atoms with Gasteiger partial charge in [-0.3, -0.25) is 0 Å². The highest BCUT2D eigenvalue weighted by atomic mass is 15.1. The molecule has 0 unspecified atom stereocenters. The summed E-state index contributed by atoms with van der Waals surface area (Å²) in [6.07, 6.45) is 7.45. The number of anilines is 3. The molecule has 6 nitrogen and oxygen atoms in total. The fourth-order valence-corrected chi connectivity index (χ4v) is 4.15. The van der Waals surface area contributed by atoms with Crippen molar-refractivity contribution in [3.05, 3.63) is 40.7 Å². The van der Waals surface area contributed by atoms with Crippen molar-refractivity contribution >= 4 is 23.5 Å². The van der Waals surface area contributed by atoms with E-state index in [9.17, 15) is 0 Å². The summed E-state index contributed by atoms with van der Waals surface area (Å²) in [4.78, 5) is 9.10. The fourth-order valence-electron chi connectivity index (χ4n) is 4.15. The Kier molecular flexibility index (Phi) is 5.57. The first-order valence-electron chi connectivity index (χ1n) is 10.4. The van der Waals surface area contributed by atoms with Gasteiger partial charge in [-0.2, -0.15) is 0 Å². The van der Waals surface area contributed by atoms with Crippen LogP contribution in [0.3, 0.4) is 0 Å². The van der Waals surface area contributed by atoms with Crippen LogP contribution >= 0.6 is 0 Å². The van der Waals surface area contributed by atoms with Gasteiger partial charge in [-0.1, -0.05) is 0 Å². The van der Waals surface area contributed by atoms with Crippen molar-refractivity contribution in [3.63, 3.8) is 0 Å². The van der Waals surface area contributed by atoms with Crippen LogP contribution in [0.4, 0.5) is 17.3 Å². The highest BCUT2D eigenvalue weighted by molar-refractivity contribution is 5.88. The van der Waals surface area contributed by atoms with Crippen LogP contribution in [-0.2, 0) is 0 Å². The summed E-state index contributed by atoms with van der Waals surface area (Å²) in [5, 5.41) is 18.3. The summed E-state index contributed by atoms with van der Waals surface area (Å²) < 4.78 is 0. The van der Waals surface area contributed by atoms with Gasteiger partial charge in [-0.25, -0.2) is 9.97 Å². The van der Waals surface area contributed by atoms with Crippen molar-refractivity contribution in [2.45, 2.75) is 57.9 Å². The molecular formula is C22H30N6. The van der Waals surface area contributed by atoms with Crippen LogP contribution in [0.5, 0.6) is 0 Å². The number of nitrogens with one attached hydrogen (secondary N) is 4. The second kappa shape index (κ2) is 8.27. The lowest BCUT2D eigenvalue weighted by Crippen LogP contribution is -2.27. The molecule has 0 spiro atoms. The Morgan fingerprint density at radius 3 is 2.46 bits per heavy atom. The van der Waals surface area contributed by atoms with Gasteiger partial charge in [0.2, 0.25) is 0 Å². The Balaban J connectivity index is 1.61. The Labute approximate surface area is 167 Å². The molecule has 6 heteroatoms. The zero-order valence-corrected chi connectivity index (χ0v) is 16.8. The lowest BCUT2D eigenvalue weighted by molar-refractivity contribution is 0.444. The number of aryl methyl sites for hydroxylation is 2. The monoisotopic (exact) mass is 378 g/mol. The average Bonchev–Trinajstić information content (AvgIpc) is 2.66. The molecule has 2 fully saturated rings. The maximum absolute atomic E-state index is 7.85. The van der Waals surface area contributed by atoms with E-state index in [0.29, 0.717) is 12.0 Å². The maximum atomic E-state index is 7.85. The molecule has 2 aliphatic rings. The van der Waals surface area contributed by atoms with E-state index in [1.807, 2.05) is 13.0 Å². The van der Waals surface area contributed by atoms with Crippen LogP contribution in [0.25, 0.3) is 0 Å². The Bertz CT molecular complexity index is 852. The van der Waals surface area contributed by atoms with Gasteiger partial charge in [0.25, 0.3) is 0 Å². The van der Waals surface area contributed by atoms with Crippen molar-refractivity contribution in [3.8, 4) is 0 Å². The van der Waals surface area contributed by atoms with Gasteiger partial charge in [0.1, 0.15) is 17.5 Å². The van der Waals surface area contributed by atoms with E-state index in [4.69, 9.17) is 5.41 Å². The molecule has 0 amide bonds. The number of piperidine rings is 1. The molecule has 1 saturated heterocycles. The predicted octanol–water partition coefficient (Wildman–Crippen LogP) is 4.27. The molecule has 2 heterocycles. The molecule has 148 valence electrons. The van der Waals surface area contributed by atoms with Crippen LogP contribution in [0.2, 0.25) is 0 Å². The Morgan fingerprint density at radius 1 is 1.04 bits per heavy atom. The van der Waals surface area contributed by atoms with Gasteiger partial charge >= 0.3 is 0 Å². The van der Waals surface area contributed by atoms with Gasteiger partial charge in [0, 0.05) is 29.6 Å². The van der Waals surface area contributed by atoms with Crippen LogP contribution < -0.4 is 16.0 Å². The molecule has 1 aromatic carbocycles. The third-order valence-corrected chi connectivity index (χ3v) is 5.93. The number of rotatable bonds is 6. The summed E-state index contributed by atoms with van der Waals surface area (Å²) in [6, 6.07) is 6.85. The zero-order valence-electron chi connectivity index (χ0n) is 16.8. The van der Waals surface area contributed by atoms with Gasteiger partial charge in [0.05, 0.1) is 0 Å². The SMILES string of the molecule is Cc1nc(Nc2cc(C3CCNCC3)c(C)cc2C=N)cc(NC2CCC2)n1. The van der Waals surface area contributed by atoms with E-state index in [1.165, 1.54) is 36.6 Å². The quantitative estimate of drug-likeness (QED) is 0.564. The normalized spacial score (nSPS) is 17.8. The molecular weight excluding hydrogens is 348 g/mol. The van der Waals surface area contributed by atoms with Gasteiger partial charge in [0.15, 0.2) is 0 Å². The van der Waals surface area contributed by atoms with Crippen molar-refractivity contribution in [1.29, 1.82) is 5.41 Å². The van der Waals surface area contributed by atoms with E-state index in [0.717, 1.165) is 54.6 Å². The molecule has 1 aliphatic heterocycles. The molecule has 0 radical (unpaired) electrons. The van der Waals surface area contributed by atoms with Crippen LogP contribution in [-0.4, -0.2) is 35.3 Å². The molecule has 4 rings (SSSR count). The first-order chi connectivity index (χ1) is 13.6. The van der Waals surface area contributed by atoms with Crippen molar-refractivity contribution in [2.75, 3.05) is 23.7 Å². The van der Waals surface area contributed by atoms with E-state index >= 15 is 0 Å². The van der Waals surface area contributed by atoms with E-state index < -0.39 is 0 Å². The third kappa shape index (κ3) is 4.17. The number of hydrogen-bond donors (Lipinski definition) is 4. The maximum Gasteiger partial charge on any atom is 0.136 e. The van der Waals surface area contributed by atoms with Crippen molar-refractivity contribution in [2.24, 2.45) is 0 Å². The summed E-state index contributed by atoms with van der Waals surface area (Å²) in [5.74, 6) is 2.97. The minimum absolute atomic E-state index is 0.533. The summed E-state index contributed by atoms with van der Waals surface area (Å²) in [5.41, 5.74) is 4.48. The molecule has 4 N–H and O–H groups in total. The van der Waals surface area contributed by atoms with Gasteiger partial charge in [-0.05, 0) is 88.2 Å². The van der Waals surface area contributed by atoms with Crippen LogP contribution in [0, 0.1) is 19.3 Å². The molecule has 1 aliphatic carbocycles. The van der Waals surface area contributed by atoms with Crippen molar-refractivity contribution in [1.82, 2.24) is 15.3 Å².